The van der Waals surface area contributed by atoms with Crippen molar-refractivity contribution in [1.29, 1.82) is 0 Å². The second kappa shape index (κ2) is 6.57. The molecule has 0 atom stereocenters. The van der Waals surface area contributed by atoms with Crippen LogP contribution in [0.15, 0.2) is 23.5 Å². The van der Waals surface area contributed by atoms with E-state index in [1.807, 2.05) is 13.8 Å². The van der Waals surface area contributed by atoms with Gasteiger partial charge in [-0.2, -0.15) is 4.98 Å². The normalized spacial score (nSPS) is 11.9. The summed E-state index contributed by atoms with van der Waals surface area (Å²) in [5, 5.41) is -0.123. The number of aromatic nitrogens is 3. The summed E-state index contributed by atoms with van der Waals surface area (Å²) in [5.74, 6) is 0.645. The van der Waals surface area contributed by atoms with Gasteiger partial charge in [-0.05, 0) is 5.92 Å². The monoisotopic (exact) mass is 352 g/mol. The van der Waals surface area contributed by atoms with Gasteiger partial charge in [0.1, 0.15) is 5.75 Å². The maximum atomic E-state index is 12.3. The van der Waals surface area contributed by atoms with Crippen molar-refractivity contribution in [3.05, 3.63) is 24.0 Å². The maximum absolute atomic E-state index is 12.3. The Morgan fingerprint density at radius 3 is 2.33 bits per heavy atom. The van der Waals surface area contributed by atoms with Crippen LogP contribution in [0, 0.1) is 0 Å². The van der Waals surface area contributed by atoms with Crippen LogP contribution in [0.25, 0.3) is 0 Å². The van der Waals surface area contributed by atoms with Crippen molar-refractivity contribution in [2.75, 3.05) is 25.6 Å². The molecule has 0 radical (unpaired) electrons. The maximum Gasteiger partial charge on any atom is 0.260 e. The van der Waals surface area contributed by atoms with Crippen LogP contribution in [0.3, 0.4) is 0 Å². The van der Waals surface area contributed by atoms with Gasteiger partial charge >= 0.3 is 0 Å². The van der Waals surface area contributed by atoms with E-state index in [4.69, 9.17) is 16.2 Å². The molecule has 0 amide bonds. The molecule has 0 aliphatic rings. The average molecular weight is 352 g/mol. The van der Waals surface area contributed by atoms with E-state index in [-0.39, 0.29) is 28.5 Å². The standard InChI is InChI=1S/C14H20N6O3S/c1-8(2)9-6-17-12(24(21,22)20(3)4)5-10(9)23-11-7-18-14(16)19-13(11)15/h5-8H,1-4H3,(H4,15,16,18,19). The van der Waals surface area contributed by atoms with E-state index >= 15 is 0 Å². The minimum atomic E-state index is -3.69. The predicted molar refractivity (Wildman–Crippen MR) is 90.1 cm³/mol. The molecular weight excluding hydrogens is 332 g/mol. The Balaban J connectivity index is 2.53. The summed E-state index contributed by atoms with van der Waals surface area (Å²) in [6.45, 7) is 3.87. The molecule has 10 heteroatoms. The summed E-state index contributed by atoms with van der Waals surface area (Å²) in [5.41, 5.74) is 12.0. The zero-order valence-corrected chi connectivity index (χ0v) is 14.7. The fourth-order valence-corrected chi connectivity index (χ4v) is 2.69. The predicted octanol–water partition coefficient (Wildman–Crippen LogP) is 1.20. The molecule has 0 aliphatic heterocycles. The lowest BCUT2D eigenvalue weighted by atomic mass is 10.1. The van der Waals surface area contributed by atoms with Crippen molar-refractivity contribution in [3.63, 3.8) is 0 Å². The molecule has 2 heterocycles. The molecule has 130 valence electrons. The molecule has 0 spiro atoms. The third-order valence-corrected chi connectivity index (χ3v) is 4.97. The molecule has 0 bridgehead atoms. The fourth-order valence-electron chi connectivity index (χ4n) is 1.88. The lowest BCUT2D eigenvalue weighted by Gasteiger charge is -2.16. The molecule has 0 aromatic carbocycles. The molecule has 0 saturated carbocycles. The van der Waals surface area contributed by atoms with E-state index in [2.05, 4.69) is 15.0 Å². The van der Waals surface area contributed by atoms with Crippen LogP contribution < -0.4 is 16.2 Å². The van der Waals surface area contributed by atoms with Crippen molar-refractivity contribution in [1.82, 2.24) is 19.3 Å². The minimum Gasteiger partial charge on any atom is -0.451 e. The van der Waals surface area contributed by atoms with Crippen LogP contribution in [-0.2, 0) is 10.0 Å². The molecule has 2 aromatic heterocycles. The van der Waals surface area contributed by atoms with Gasteiger partial charge in [0, 0.05) is 31.9 Å². The van der Waals surface area contributed by atoms with Gasteiger partial charge in [-0.25, -0.2) is 22.7 Å². The van der Waals surface area contributed by atoms with Gasteiger partial charge in [-0.1, -0.05) is 13.8 Å². The van der Waals surface area contributed by atoms with Crippen LogP contribution in [0.4, 0.5) is 11.8 Å². The number of pyridine rings is 1. The summed E-state index contributed by atoms with van der Waals surface area (Å²) >= 11 is 0. The summed E-state index contributed by atoms with van der Waals surface area (Å²) < 4.78 is 31.4. The number of nitrogens with two attached hydrogens (primary N) is 2. The molecule has 4 N–H and O–H groups in total. The molecular formula is C14H20N6O3S. The second-order valence-electron chi connectivity index (χ2n) is 5.58. The summed E-state index contributed by atoms with van der Waals surface area (Å²) in [7, 11) is -0.831. The fraction of sp³-hybridized carbons (Fsp3) is 0.357. The van der Waals surface area contributed by atoms with Gasteiger partial charge in [0.2, 0.25) is 5.95 Å². The van der Waals surface area contributed by atoms with Crippen LogP contribution in [0.2, 0.25) is 0 Å². The Morgan fingerprint density at radius 1 is 1.12 bits per heavy atom. The smallest absolute Gasteiger partial charge is 0.260 e. The highest BCUT2D eigenvalue weighted by Gasteiger charge is 2.22. The van der Waals surface area contributed by atoms with Gasteiger partial charge in [0.25, 0.3) is 10.0 Å². The molecule has 0 saturated heterocycles. The number of hydrogen-bond acceptors (Lipinski definition) is 8. The van der Waals surface area contributed by atoms with Crippen molar-refractivity contribution in [3.8, 4) is 11.5 Å². The van der Waals surface area contributed by atoms with E-state index in [1.54, 1.807) is 0 Å². The minimum absolute atomic E-state index is 0.0227. The van der Waals surface area contributed by atoms with Gasteiger partial charge in [-0.15, -0.1) is 0 Å². The van der Waals surface area contributed by atoms with E-state index in [9.17, 15) is 8.42 Å². The Bertz CT molecular complexity index is 852. The first kappa shape index (κ1) is 17.9. The van der Waals surface area contributed by atoms with Gasteiger partial charge in [-0.3, -0.25) is 0 Å². The van der Waals surface area contributed by atoms with Crippen molar-refractivity contribution in [2.45, 2.75) is 24.8 Å². The lowest BCUT2D eigenvalue weighted by molar-refractivity contribution is 0.465. The third kappa shape index (κ3) is 3.54. The largest absolute Gasteiger partial charge is 0.451 e. The van der Waals surface area contributed by atoms with E-state index in [0.717, 1.165) is 9.87 Å². The second-order valence-corrected chi connectivity index (χ2v) is 7.68. The Hall–Kier alpha value is -2.46. The number of hydrogen-bond donors (Lipinski definition) is 2. The zero-order chi connectivity index (χ0) is 18.1. The molecule has 2 aromatic rings. The highest BCUT2D eigenvalue weighted by molar-refractivity contribution is 7.89. The van der Waals surface area contributed by atoms with Crippen molar-refractivity contribution in [2.24, 2.45) is 0 Å². The summed E-state index contributed by atoms with van der Waals surface area (Å²) in [6.07, 6.45) is 2.81. The van der Waals surface area contributed by atoms with Gasteiger partial charge in [0.15, 0.2) is 16.6 Å². The van der Waals surface area contributed by atoms with Crippen LogP contribution >= 0.6 is 0 Å². The molecule has 0 aliphatic carbocycles. The molecule has 0 fully saturated rings. The first-order valence-electron chi connectivity index (χ1n) is 7.11. The Kier molecular flexibility index (Phi) is 4.90. The van der Waals surface area contributed by atoms with Gasteiger partial charge in [0.05, 0.1) is 6.20 Å². The van der Waals surface area contributed by atoms with E-state index in [0.29, 0.717) is 5.75 Å². The number of ether oxygens (including phenoxy) is 1. The Morgan fingerprint density at radius 2 is 1.79 bits per heavy atom. The van der Waals surface area contributed by atoms with Crippen LogP contribution in [0.5, 0.6) is 11.5 Å². The number of nitrogen functional groups attached to an aromatic ring is 2. The molecule has 0 unspecified atom stereocenters. The Labute approximate surface area is 140 Å². The van der Waals surface area contributed by atoms with Crippen LogP contribution in [-0.4, -0.2) is 41.8 Å². The zero-order valence-electron chi connectivity index (χ0n) is 13.9. The van der Waals surface area contributed by atoms with Crippen LogP contribution in [0.1, 0.15) is 25.3 Å². The van der Waals surface area contributed by atoms with Crippen molar-refractivity contribution >= 4 is 21.8 Å². The highest BCUT2D eigenvalue weighted by Crippen LogP contribution is 2.33. The van der Waals surface area contributed by atoms with E-state index < -0.39 is 10.0 Å². The topological polar surface area (TPSA) is 137 Å². The van der Waals surface area contributed by atoms with E-state index in [1.165, 1.54) is 32.6 Å². The number of sulfonamides is 1. The number of rotatable bonds is 5. The highest BCUT2D eigenvalue weighted by atomic mass is 32.2. The van der Waals surface area contributed by atoms with Crippen molar-refractivity contribution < 1.29 is 13.2 Å². The quantitative estimate of drug-likeness (QED) is 0.819. The molecule has 24 heavy (non-hydrogen) atoms. The lowest BCUT2D eigenvalue weighted by Crippen LogP contribution is -2.23. The number of anilines is 2. The van der Waals surface area contributed by atoms with Gasteiger partial charge < -0.3 is 16.2 Å². The third-order valence-electron chi connectivity index (χ3n) is 3.26. The average Bonchev–Trinajstić information content (AvgIpc) is 2.49. The first-order valence-corrected chi connectivity index (χ1v) is 8.55. The first-order chi connectivity index (χ1) is 11.1. The molecule has 9 nitrogen and oxygen atoms in total. The number of nitrogens with zero attached hydrogens (tertiary/aromatic N) is 4. The summed E-state index contributed by atoms with van der Waals surface area (Å²) in [4.78, 5) is 11.7. The SMILES string of the molecule is CC(C)c1cnc(S(=O)(=O)N(C)C)cc1Oc1cnc(N)nc1N. The summed E-state index contributed by atoms with van der Waals surface area (Å²) in [6, 6.07) is 1.36. The molecule has 2 rings (SSSR count).